The van der Waals surface area contributed by atoms with Gasteiger partial charge >= 0.3 is 0 Å². The standard InChI is InChI=1S/C15H23N3O2/c1-4-12(16)9-14(19)18-13-7-5-6-11(8-13)15(20)17-10(2)3/h5-8,10,12H,4,9,16H2,1-3H3,(H,17,20)(H,18,19). The van der Waals surface area contributed by atoms with Crippen LogP contribution < -0.4 is 16.4 Å². The second kappa shape index (κ2) is 7.65. The van der Waals surface area contributed by atoms with Gasteiger partial charge in [-0.25, -0.2) is 0 Å². The van der Waals surface area contributed by atoms with Crippen LogP contribution in [-0.2, 0) is 4.79 Å². The van der Waals surface area contributed by atoms with Crippen LogP contribution in [0.3, 0.4) is 0 Å². The maximum absolute atomic E-state index is 11.9. The molecule has 0 heterocycles. The minimum atomic E-state index is -0.152. The fraction of sp³-hybridized carbons (Fsp3) is 0.467. The second-order valence-corrected chi connectivity index (χ2v) is 5.13. The van der Waals surface area contributed by atoms with E-state index in [4.69, 9.17) is 5.73 Å². The molecule has 110 valence electrons. The van der Waals surface area contributed by atoms with Crippen LogP contribution in [0.2, 0.25) is 0 Å². The molecular weight excluding hydrogens is 254 g/mol. The zero-order valence-electron chi connectivity index (χ0n) is 12.3. The van der Waals surface area contributed by atoms with Gasteiger partial charge in [0, 0.05) is 29.8 Å². The predicted molar refractivity (Wildman–Crippen MR) is 80.6 cm³/mol. The van der Waals surface area contributed by atoms with E-state index in [1.165, 1.54) is 0 Å². The predicted octanol–water partition coefficient (Wildman–Crippen LogP) is 1.89. The van der Waals surface area contributed by atoms with E-state index in [9.17, 15) is 9.59 Å². The van der Waals surface area contributed by atoms with Crippen LogP contribution in [0.25, 0.3) is 0 Å². The lowest BCUT2D eigenvalue weighted by atomic mass is 10.1. The van der Waals surface area contributed by atoms with Gasteiger partial charge in [-0.3, -0.25) is 9.59 Å². The summed E-state index contributed by atoms with van der Waals surface area (Å²) in [4.78, 5) is 23.6. The first-order valence-corrected chi connectivity index (χ1v) is 6.88. The molecule has 0 aliphatic carbocycles. The van der Waals surface area contributed by atoms with Gasteiger partial charge in [0.2, 0.25) is 5.91 Å². The lowest BCUT2D eigenvalue weighted by Gasteiger charge is -2.11. The molecule has 5 nitrogen and oxygen atoms in total. The van der Waals surface area contributed by atoms with Gasteiger partial charge < -0.3 is 16.4 Å². The molecule has 1 aromatic carbocycles. The minimum absolute atomic E-state index is 0.0725. The molecule has 2 amide bonds. The summed E-state index contributed by atoms with van der Waals surface area (Å²) in [6, 6.07) is 6.80. The van der Waals surface area contributed by atoms with Gasteiger partial charge in [-0.05, 0) is 38.5 Å². The Morgan fingerprint density at radius 1 is 1.30 bits per heavy atom. The smallest absolute Gasteiger partial charge is 0.251 e. The Balaban J connectivity index is 2.68. The first-order valence-electron chi connectivity index (χ1n) is 6.88. The van der Waals surface area contributed by atoms with Crippen molar-refractivity contribution in [1.29, 1.82) is 0 Å². The first-order chi connectivity index (χ1) is 9.42. The van der Waals surface area contributed by atoms with Gasteiger partial charge in [0.25, 0.3) is 5.91 Å². The molecule has 0 saturated heterocycles. The van der Waals surface area contributed by atoms with E-state index in [0.29, 0.717) is 11.3 Å². The zero-order valence-corrected chi connectivity index (χ0v) is 12.3. The number of anilines is 1. The van der Waals surface area contributed by atoms with E-state index in [-0.39, 0.29) is 30.3 Å². The molecule has 0 spiro atoms. The molecule has 4 N–H and O–H groups in total. The van der Waals surface area contributed by atoms with E-state index in [2.05, 4.69) is 10.6 Å². The summed E-state index contributed by atoms with van der Waals surface area (Å²) >= 11 is 0. The minimum Gasteiger partial charge on any atom is -0.350 e. The van der Waals surface area contributed by atoms with E-state index < -0.39 is 0 Å². The Kier molecular flexibility index (Phi) is 6.18. The second-order valence-electron chi connectivity index (χ2n) is 5.13. The van der Waals surface area contributed by atoms with Crippen molar-refractivity contribution < 1.29 is 9.59 Å². The fourth-order valence-corrected chi connectivity index (χ4v) is 1.68. The van der Waals surface area contributed by atoms with Crippen LogP contribution >= 0.6 is 0 Å². The Morgan fingerprint density at radius 2 is 2.00 bits per heavy atom. The van der Waals surface area contributed by atoms with Gasteiger partial charge in [0.05, 0.1) is 0 Å². The molecule has 0 saturated carbocycles. The summed E-state index contributed by atoms with van der Waals surface area (Å²) in [5, 5.41) is 5.57. The highest BCUT2D eigenvalue weighted by atomic mass is 16.2. The van der Waals surface area contributed by atoms with Crippen molar-refractivity contribution >= 4 is 17.5 Å². The highest BCUT2D eigenvalue weighted by Gasteiger charge is 2.10. The van der Waals surface area contributed by atoms with Crippen LogP contribution in [0.15, 0.2) is 24.3 Å². The highest BCUT2D eigenvalue weighted by molar-refractivity contribution is 5.97. The Hall–Kier alpha value is -1.88. The molecule has 0 aliphatic heterocycles. The lowest BCUT2D eigenvalue weighted by molar-refractivity contribution is -0.116. The number of amides is 2. The fourth-order valence-electron chi connectivity index (χ4n) is 1.68. The van der Waals surface area contributed by atoms with Crippen molar-refractivity contribution in [2.24, 2.45) is 5.73 Å². The third kappa shape index (κ3) is 5.40. The third-order valence-corrected chi connectivity index (χ3v) is 2.80. The number of carbonyl (C=O) groups excluding carboxylic acids is 2. The maximum atomic E-state index is 11.9. The molecule has 1 rings (SSSR count). The molecule has 0 bridgehead atoms. The van der Waals surface area contributed by atoms with Crippen LogP contribution in [0.5, 0.6) is 0 Å². The van der Waals surface area contributed by atoms with E-state index in [0.717, 1.165) is 6.42 Å². The number of carbonyl (C=O) groups is 2. The van der Waals surface area contributed by atoms with Crippen LogP contribution in [-0.4, -0.2) is 23.9 Å². The SMILES string of the molecule is CCC(N)CC(=O)Nc1cccc(C(=O)NC(C)C)c1. The lowest BCUT2D eigenvalue weighted by Crippen LogP contribution is -2.30. The van der Waals surface area contributed by atoms with Crippen molar-refractivity contribution in [2.45, 2.75) is 45.7 Å². The highest BCUT2D eigenvalue weighted by Crippen LogP contribution is 2.11. The zero-order chi connectivity index (χ0) is 15.1. The molecule has 0 radical (unpaired) electrons. The number of hydrogen-bond donors (Lipinski definition) is 3. The molecule has 1 atom stereocenters. The molecule has 1 aromatic rings. The number of rotatable bonds is 6. The summed E-state index contributed by atoms with van der Waals surface area (Å²) in [5.41, 5.74) is 6.87. The molecular formula is C15H23N3O2. The van der Waals surface area contributed by atoms with Crippen molar-refractivity contribution in [2.75, 3.05) is 5.32 Å². The Morgan fingerprint density at radius 3 is 2.60 bits per heavy atom. The van der Waals surface area contributed by atoms with Crippen LogP contribution in [0.4, 0.5) is 5.69 Å². The van der Waals surface area contributed by atoms with E-state index in [1.54, 1.807) is 24.3 Å². The van der Waals surface area contributed by atoms with E-state index in [1.807, 2.05) is 20.8 Å². The van der Waals surface area contributed by atoms with Gasteiger partial charge in [-0.15, -0.1) is 0 Å². The number of nitrogens with one attached hydrogen (secondary N) is 2. The average Bonchev–Trinajstić information content (AvgIpc) is 2.37. The Bertz CT molecular complexity index is 472. The van der Waals surface area contributed by atoms with Crippen LogP contribution in [0.1, 0.15) is 44.0 Å². The molecule has 0 fully saturated rings. The first kappa shape index (κ1) is 16.2. The van der Waals surface area contributed by atoms with Crippen LogP contribution in [0, 0.1) is 0 Å². The summed E-state index contributed by atoms with van der Waals surface area (Å²) in [5.74, 6) is -0.290. The summed E-state index contributed by atoms with van der Waals surface area (Å²) in [7, 11) is 0. The average molecular weight is 277 g/mol. The maximum Gasteiger partial charge on any atom is 0.251 e. The summed E-state index contributed by atoms with van der Waals surface area (Å²) < 4.78 is 0. The Labute approximate surface area is 119 Å². The van der Waals surface area contributed by atoms with E-state index >= 15 is 0 Å². The molecule has 0 aliphatic rings. The van der Waals surface area contributed by atoms with Gasteiger partial charge in [0.15, 0.2) is 0 Å². The van der Waals surface area contributed by atoms with Gasteiger partial charge in [-0.2, -0.15) is 0 Å². The van der Waals surface area contributed by atoms with Crippen molar-refractivity contribution in [3.63, 3.8) is 0 Å². The molecule has 0 aromatic heterocycles. The number of benzene rings is 1. The quantitative estimate of drug-likeness (QED) is 0.742. The number of nitrogens with two attached hydrogens (primary N) is 1. The topological polar surface area (TPSA) is 84.2 Å². The van der Waals surface area contributed by atoms with Gasteiger partial charge in [-0.1, -0.05) is 13.0 Å². The van der Waals surface area contributed by atoms with Crippen molar-refractivity contribution in [3.05, 3.63) is 29.8 Å². The third-order valence-electron chi connectivity index (χ3n) is 2.80. The largest absolute Gasteiger partial charge is 0.350 e. The number of hydrogen-bond acceptors (Lipinski definition) is 3. The monoisotopic (exact) mass is 277 g/mol. The molecule has 20 heavy (non-hydrogen) atoms. The van der Waals surface area contributed by atoms with Crippen molar-refractivity contribution in [3.8, 4) is 0 Å². The summed E-state index contributed by atoms with van der Waals surface area (Å²) in [6.07, 6.45) is 1.03. The van der Waals surface area contributed by atoms with Gasteiger partial charge in [0.1, 0.15) is 0 Å². The molecule has 5 heteroatoms. The normalized spacial score (nSPS) is 12.1. The van der Waals surface area contributed by atoms with Crippen molar-refractivity contribution in [1.82, 2.24) is 5.32 Å². The summed E-state index contributed by atoms with van der Waals surface area (Å²) in [6.45, 7) is 5.74. The molecule has 1 unspecified atom stereocenters.